The molecule has 8 heteroatoms. The standard InChI is InChI=1S/C27H23N3O4S/c1-27(2)12-20(31)18(21(32)13-27)14-28-26-30-19(15-35-26)23-24(29-16-8-4-3-5-9-16)17-10-6-7-11-22(17)34-25(23)33/h3-11,14-15,29,31H,12-13H2,1-2H3/b28-14+. The summed E-state index contributed by atoms with van der Waals surface area (Å²) < 4.78 is 5.58. The SMILES string of the molecule is CC1(C)CC(=O)C(/C=N/c2nc(-c3c(Nc4ccccc4)c4ccccc4oc3=O)cs2)=C(O)C1. The van der Waals surface area contributed by atoms with Crippen molar-refractivity contribution < 1.29 is 14.3 Å². The van der Waals surface area contributed by atoms with Gasteiger partial charge in [0, 0.05) is 35.5 Å². The molecule has 2 heterocycles. The van der Waals surface area contributed by atoms with Gasteiger partial charge in [0.05, 0.1) is 17.0 Å². The van der Waals surface area contributed by atoms with E-state index in [0.717, 1.165) is 11.1 Å². The average Bonchev–Trinajstić information content (AvgIpc) is 3.27. The summed E-state index contributed by atoms with van der Waals surface area (Å²) in [4.78, 5) is 34.3. The molecule has 4 aromatic rings. The number of Topliss-reactive ketones (excluding diaryl/α,β-unsaturated/α-hetero) is 1. The molecule has 0 unspecified atom stereocenters. The van der Waals surface area contributed by atoms with Crippen LogP contribution in [-0.2, 0) is 4.79 Å². The fourth-order valence-corrected chi connectivity index (χ4v) is 4.84. The van der Waals surface area contributed by atoms with Crippen LogP contribution in [0.15, 0.2) is 85.5 Å². The van der Waals surface area contributed by atoms with Gasteiger partial charge in [-0.25, -0.2) is 14.8 Å². The number of rotatable bonds is 5. The molecule has 35 heavy (non-hydrogen) atoms. The molecule has 2 aromatic heterocycles. The van der Waals surface area contributed by atoms with Gasteiger partial charge in [-0.05, 0) is 29.7 Å². The number of aliphatic hydroxyl groups excluding tert-OH is 1. The highest BCUT2D eigenvalue weighted by Gasteiger charge is 2.32. The lowest BCUT2D eigenvalue weighted by Gasteiger charge is -2.28. The van der Waals surface area contributed by atoms with Gasteiger partial charge in [0.25, 0.3) is 0 Å². The van der Waals surface area contributed by atoms with Crippen LogP contribution in [0.4, 0.5) is 16.5 Å². The van der Waals surface area contributed by atoms with E-state index in [2.05, 4.69) is 15.3 Å². The number of aliphatic hydroxyl groups is 1. The zero-order valence-electron chi connectivity index (χ0n) is 19.2. The zero-order chi connectivity index (χ0) is 24.6. The highest BCUT2D eigenvalue weighted by Crippen LogP contribution is 2.37. The van der Waals surface area contributed by atoms with Crippen molar-refractivity contribution in [3.05, 3.63) is 81.7 Å². The third-order valence-electron chi connectivity index (χ3n) is 5.81. The third-order valence-corrected chi connectivity index (χ3v) is 6.55. The summed E-state index contributed by atoms with van der Waals surface area (Å²) in [5.41, 5.74) is 1.99. The van der Waals surface area contributed by atoms with E-state index in [1.165, 1.54) is 17.6 Å². The summed E-state index contributed by atoms with van der Waals surface area (Å²) in [6, 6.07) is 16.9. The normalized spacial score (nSPS) is 15.8. The van der Waals surface area contributed by atoms with Crippen LogP contribution < -0.4 is 10.9 Å². The molecule has 176 valence electrons. The van der Waals surface area contributed by atoms with Crippen LogP contribution in [0.25, 0.3) is 22.2 Å². The second-order valence-corrected chi connectivity index (χ2v) is 10.0. The number of allylic oxidation sites excluding steroid dienone is 2. The first-order valence-electron chi connectivity index (χ1n) is 11.1. The Morgan fingerprint density at radius 1 is 1.09 bits per heavy atom. The summed E-state index contributed by atoms with van der Waals surface area (Å²) in [6.45, 7) is 3.89. The summed E-state index contributed by atoms with van der Waals surface area (Å²) >= 11 is 1.23. The topological polar surface area (TPSA) is 105 Å². The molecule has 0 fully saturated rings. The number of para-hydroxylation sites is 2. The molecule has 0 radical (unpaired) electrons. The lowest BCUT2D eigenvalue weighted by atomic mass is 9.77. The van der Waals surface area contributed by atoms with E-state index in [9.17, 15) is 14.7 Å². The van der Waals surface area contributed by atoms with Gasteiger partial charge in [-0.15, -0.1) is 11.3 Å². The van der Waals surface area contributed by atoms with Crippen molar-refractivity contribution in [2.45, 2.75) is 26.7 Å². The molecular weight excluding hydrogens is 462 g/mol. The monoisotopic (exact) mass is 485 g/mol. The van der Waals surface area contributed by atoms with Crippen molar-refractivity contribution in [2.75, 3.05) is 5.32 Å². The molecule has 0 saturated heterocycles. The highest BCUT2D eigenvalue weighted by atomic mass is 32.1. The molecule has 0 amide bonds. The van der Waals surface area contributed by atoms with E-state index >= 15 is 0 Å². The molecule has 0 bridgehead atoms. The second-order valence-electron chi connectivity index (χ2n) is 9.20. The number of benzene rings is 2. The molecule has 7 nitrogen and oxygen atoms in total. The van der Waals surface area contributed by atoms with Gasteiger partial charge in [-0.2, -0.15) is 0 Å². The Hall–Kier alpha value is -4.04. The minimum atomic E-state index is -0.520. The molecule has 1 aliphatic carbocycles. The van der Waals surface area contributed by atoms with E-state index in [1.807, 2.05) is 62.4 Å². The van der Waals surface area contributed by atoms with Crippen LogP contribution in [0.5, 0.6) is 0 Å². The number of carbonyl (C=O) groups excluding carboxylic acids is 1. The number of fused-ring (bicyclic) bond motifs is 1. The number of aliphatic imine (C=N–C) groups is 1. The Balaban J connectivity index is 1.55. The van der Waals surface area contributed by atoms with Crippen molar-refractivity contribution >= 4 is 50.8 Å². The van der Waals surface area contributed by atoms with E-state index in [0.29, 0.717) is 40.5 Å². The van der Waals surface area contributed by atoms with Crippen molar-refractivity contribution in [3.63, 3.8) is 0 Å². The number of ketones is 1. The predicted molar refractivity (Wildman–Crippen MR) is 139 cm³/mol. The molecule has 2 N–H and O–H groups in total. The van der Waals surface area contributed by atoms with Crippen molar-refractivity contribution in [1.82, 2.24) is 4.98 Å². The van der Waals surface area contributed by atoms with Crippen LogP contribution in [0.3, 0.4) is 0 Å². The lowest BCUT2D eigenvalue weighted by molar-refractivity contribution is -0.117. The minimum absolute atomic E-state index is 0.0382. The summed E-state index contributed by atoms with van der Waals surface area (Å²) in [7, 11) is 0. The molecule has 0 spiro atoms. The maximum atomic E-state index is 13.0. The summed E-state index contributed by atoms with van der Waals surface area (Å²) in [5.74, 6) is -0.111. The van der Waals surface area contributed by atoms with E-state index in [-0.39, 0.29) is 22.5 Å². The number of hydrogen-bond donors (Lipinski definition) is 2. The first-order chi connectivity index (χ1) is 16.8. The molecule has 1 aliphatic rings. The number of nitrogens with one attached hydrogen (secondary N) is 1. The highest BCUT2D eigenvalue weighted by molar-refractivity contribution is 7.13. The number of nitrogens with zero attached hydrogens (tertiary/aromatic N) is 2. The maximum Gasteiger partial charge on any atom is 0.347 e. The Labute approximate surface area is 205 Å². The van der Waals surface area contributed by atoms with Gasteiger partial charge in [0.1, 0.15) is 16.9 Å². The largest absolute Gasteiger partial charge is 0.511 e. The van der Waals surface area contributed by atoms with Gasteiger partial charge >= 0.3 is 5.63 Å². The molecular formula is C27H23N3O4S. The van der Waals surface area contributed by atoms with Crippen LogP contribution in [0.2, 0.25) is 0 Å². The lowest BCUT2D eigenvalue weighted by Crippen LogP contribution is -2.26. The maximum absolute atomic E-state index is 13.0. The fourth-order valence-electron chi connectivity index (χ4n) is 4.18. The molecule has 2 aromatic carbocycles. The van der Waals surface area contributed by atoms with Crippen molar-refractivity contribution in [3.8, 4) is 11.3 Å². The Morgan fingerprint density at radius 3 is 2.60 bits per heavy atom. The third kappa shape index (κ3) is 4.65. The van der Waals surface area contributed by atoms with E-state index < -0.39 is 5.63 Å². The van der Waals surface area contributed by atoms with Crippen LogP contribution in [0, 0.1) is 5.41 Å². The number of carbonyl (C=O) groups is 1. The van der Waals surface area contributed by atoms with Gasteiger partial charge in [0.15, 0.2) is 5.78 Å². The van der Waals surface area contributed by atoms with Gasteiger partial charge in [-0.3, -0.25) is 4.79 Å². The first kappa shape index (κ1) is 22.7. The zero-order valence-corrected chi connectivity index (χ0v) is 20.1. The summed E-state index contributed by atoms with van der Waals surface area (Å²) in [5, 5.41) is 16.5. The van der Waals surface area contributed by atoms with Crippen LogP contribution in [0.1, 0.15) is 26.7 Å². The Kier molecular flexibility index (Phi) is 5.82. The smallest absolute Gasteiger partial charge is 0.347 e. The average molecular weight is 486 g/mol. The minimum Gasteiger partial charge on any atom is -0.511 e. The number of thiazole rings is 1. The number of anilines is 2. The molecule has 0 aliphatic heterocycles. The molecule has 0 saturated carbocycles. The van der Waals surface area contributed by atoms with Gasteiger partial charge < -0.3 is 14.8 Å². The first-order valence-corrected chi connectivity index (χ1v) is 12.0. The Morgan fingerprint density at radius 2 is 1.83 bits per heavy atom. The Bertz CT molecular complexity index is 1550. The quantitative estimate of drug-likeness (QED) is 0.245. The van der Waals surface area contributed by atoms with Gasteiger partial charge in [0.2, 0.25) is 5.13 Å². The summed E-state index contributed by atoms with van der Waals surface area (Å²) in [6.07, 6.45) is 2.12. The van der Waals surface area contributed by atoms with Crippen LogP contribution in [-0.4, -0.2) is 22.1 Å². The van der Waals surface area contributed by atoms with Crippen molar-refractivity contribution in [2.24, 2.45) is 10.4 Å². The fraction of sp³-hybridized carbons (Fsp3) is 0.185. The predicted octanol–water partition coefficient (Wildman–Crippen LogP) is 6.56. The van der Waals surface area contributed by atoms with E-state index in [1.54, 1.807) is 11.4 Å². The van der Waals surface area contributed by atoms with Gasteiger partial charge in [-0.1, -0.05) is 44.2 Å². The van der Waals surface area contributed by atoms with Crippen LogP contribution >= 0.6 is 11.3 Å². The number of aromatic nitrogens is 1. The molecule has 5 rings (SSSR count). The van der Waals surface area contributed by atoms with E-state index in [4.69, 9.17) is 4.42 Å². The van der Waals surface area contributed by atoms with Crippen molar-refractivity contribution in [1.29, 1.82) is 0 Å². The second kappa shape index (κ2) is 8.96. The number of hydrogen-bond acceptors (Lipinski definition) is 8. The molecule has 0 atom stereocenters.